The highest BCUT2D eigenvalue weighted by Gasteiger charge is 2.01. The maximum Gasteiger partial charge on any atom is 0.340 e. The summed E-state index contributed by atoms with van der Waals surface area (Å²) in [4.78, 5) is 13.4. The minimum Gasteiger partial charge on any atom is -0.497 e. The van der Waals surface area contributed by atoms with E-state index < -0.39 is 0 Å². The summed E-state index contributed by atoms with van der Waals surface area (Å²) in [6.07, 6.45) is 0.579. The van der Waals surface area contributed by atoms with E-state index >= 15 is 0 Å². The molecule has 1 aromatic carbocycles. The molecule has 0 unspecified atom stereocenters. The second-order valence-corrected chi connectivity index (χ2v) is 3.15. The summed E-state index contributed by atoms with van der Waals surface area (Å²) < 4.78 is 5.10. The number of aromatic nitrogens is 3. The summed E-state index contributed by atoms with van der Waals surface area (Å²) in [6.45, 7) is 0. The number of rotatable bonds is 3. The standard InChI is InChI=1S/C10H11N3O2/c1-15-8-4-2-3-7(5-8)6-9-11-10(14)13-12-9/h2-5H,6H2,1H3,(H2,11,12,13,14). The van der Waals surface area contributed by atoms with Crippen molar-refractivity contribution in [2.45, 2.75) is 6.42 Å². The molecule has 0 aliphatic rings. The third kappa shape index (κ3) is 2.25. The van der Waals surface area contributed by atoms with E-state index in [-0.39, 0.29) is 5.69 Å². The third-order valence-corrected chi connectivity index (χ3v) is 2.06. The van der Waals surface area contributed by atoms with Crippen molar-refractivity contribution < 1.29 is 4.74 Å². The maximum atomic E-state index is 10.8. The molecule has 0 aliphatic heterocycles. The molecule has 2 N–H and O–H groups in total. The quantitative estimate of drug-likeness (QED) is 0.774. The highest BCUT2D eigenvalue weighted by molar-refractivity contribution is 5.29. The van der Waals surface area contributed by atoms with Crippen LogP contribution in [0.3, 0.4) is 0 Å². The van der Waals surface area contributed by atoms with E-state index in [0.717, 1.165) is 11.3 Å². The first-order valence-corrected chi connectivity index (χ1v) is 4.54. The molecule has 15 heavy (non-hydrogen) atoms. The molecule has 2 rings (SSSR count). The van der Waals surface area contributed by atoms with Crippen molar-refractivity contribution in [3.8, 4) is 5.75 Å². The summed E-state index contributed by atoms with van der Waals surface area (Å²) in [5, 5.41) is 6.16. The molecule has 0 fully saturated rings. The Kier molecular flexibility index (Phi) is 2.53. The molecule has 0 radical (unpaired) electrons. The molecule has 5 nitrogen and oxygen atoms in total. The fraction of sp³-hybridized carbons (Fsp3) is 0.200. The molecule has 0 atom stereocenters. The Bertz CT molecular complexity index is 501. The predicted octanol–water partition coefficient (Wildman–Crippen LogP) is 0.697. The molecule has 0 saturated heterocycles. The van der Waals surface area contributed by atoms with Crippen LogP contribution in [0.1, 0.15) is 11.4 Å². The fourth-order valence-electron chi connectivity index (χ4n) is 1.36. The van der Waals surface area contributed by atoms with Crippen molar-refractivity contribution >= 4 is 0 Å². The van der Waals surface area contributed by atoms with Crippen LogP contribution < -0.4 is 10.4 Å². The normalized spacial score (nSPS) is 10.2. The number of benzene rings is 1. The maximum absolute atomic E-state index is 10.8. The summed E-state index contributed by atoms with van der Waals surface area (Å²) in [7, 11) is 1.62. The molecule has 5 heteroatoms. The monoisotopic (exact) mass is 205 g/mol. The number of nitrogens with one attached hydrogen (secondary N) is 2. The largest absolute Gasteiger partial charge is 0.497 e. The van der Waals surface area contributed by atoms with Gasteiger partial charge >= 0.3 is 5.69 Å². The zero-order chi connectivity index (χ0) is 10.7. The van der Waals surface area contributed by atoms with Crippen LogP contribution in [-0.2, 0) is 6.42 Å². The summed E-state index contributed by atoms with van der Waals surface area (Å²) in [5.74, 6) is 1.42. The summed E-state index contributed by atoms with van der Waals surface area (Å²) >= 11 is 0. The van der Waals surface area contributed by atoms with Crippen LogP contribution in [0, 0.1) is 0 Å². The van der Waals surface area contributed by atoms with E-state index in [9.17, 15) is 4.79 Å². The van der Waals surface area contributed by atoms with Crippen molar-refractivity contribution in [2.75, 3.05) is 7.11 Å². The molecule has 0 amide bonds. The van der Waals surface area contributed by atoms with Crippen LogP contribution in [0.15, 0.2) is 29.1 Å². The van der Waals surface area contributed by atoms with Gasteiger partial charge in [-0.2, -0.15) is 5.10 Å². The van der Waals surface area contributed by atoms with Gasteiger partial charge in [-0.1, -0.05) is 12.1 Å². The fourth-order valence-corrected chi connectivity index (χ4v) is 1.36. The number of ether oxygens (including phenoxy) is 1. The van der Waals surface area contributed by atoms with Crippen LogP contribution in [-0.4, -0.2) is 22.3 Å². The van der Waals surface area contributed by atoms with E-state index in [1.807, 2.05) is 24.3 Å². The van der Waals surface area contributed by atoms with Gasteiger partial charge in [0.25, 0.3) is 0 Å². The first-order chi connectivity index (χ1) is 7.28. The van der Waals surface area contributed by atoms with Gasteiger partial charge < -0.3 is 4.74 Å². The zero-order valence-corrected chi connectivity index (χ0v) is 8.28. The van der Waals surface area contributed by atoms with Crippen molar-refractivity contribution in [1.82, 2.24) is 15.2 Å². The Balaban J connectivity index is 2.20. The van der Waals surface area contributed by atoms with Gasteiger partial charge in [-0.05, 0) is 17.7 Å². The van der Waals surface area contributed by atoms with E-state index in [0.29, 0.717) is 12.2 Å². The van der Waals surface area contributed by atoms with E-state index in [1.54, 1.807) is 7.11 Å². The van der Waals surface area contributed by atoms with E-state index in [1.165, 1.54) is 0 Å². The van der Waals surface area contributed by atoms with Crippen LogP contribution in [0.25, 0.3) is 0 Å². The highest BCUT2D eigenvalue weighted by Crippen LogP contribution is 2.13. The van der Waals surface area contributed by atoms with Gasteiger partial charge in [0.15, 0.2) is 0 Å². The number of H-pyrrole nitrogens is 2. The predicted molar refractivity (Wildman–Crippen MR) is 55.0 cm³/mol. The first kappa shape index (κ1) is 9.51. The second-order valence-electron chi connectivity index (χ2n) is 3.15. The van der Waals surface area contributed by atoms with Gasteiger partial charge in [0.05, 0.1) is 7.11 Å². The SMILES string of the molecule is COc1cccc(Cc2n[nH]c(=O)[nH]2)c1. The third-order valence-electron chi connectivity index (χ3n) is 2.06. The topological polar surface area (TPSA) is 70.8 Å². The molecule has 1 heterocycles. The van der Waals surface area contributed by atoms with Crippen molar-refractivity contribution in [3.63, 3.8) is 0 Å². The average Bonchev–Trinajstić information content (AvgIpc) is 2.64. The number of methoxy groups -OCH3 is 1. The van der Waals surface area contributed by atoms with Gasteiger partial charge in [0, 0.05) is 6.42 Å². The first-order valence-electron chi connectivity index (χ1n) is 4.54. The molecule has 0 bridgehead atoms. The minimum atomic E-state index is -0.284. The lowest BCUT2D eigenvalue weighted by atomic mass is 10.1. The van der Waals surface area contributed by atoms with E-state index in [2.05, 4.69) is 15.2 Å². The van der Waals surface area contributed by atoms with Crippen LogP contribution in [0.5, 0.6) is 5.75 Å². The molecule has 0 aliphatic carbocycles. The van der Waals surface area contributed by atoms with Gasteiger partial charge in [0.1, 0.15) is 11.6 Å². The second kappa shape index (κ2) is 4.00. The van der Waals surface area contributed by atoms with E-state index in [4.69, 9.17) is 4.74 Å². The Labute approximate surface area is 86.1 Å². The van der Waals surface area contributed by atoms with Gasteiger partial charge in [-0.3, -0.25) is 4.98 Å². The zero-order valence-electron chi connectivity index (χ0n) is 8.28. The molecular weight excluding hydrogens is 194 g/mol. The molecule has 1 aromatic heterocycles. The number of nitrogens with zero attached hydrogens (tertiary/aromatic N) is 1. The van der Waals surface area contributed by atoms with Crippen LogP contribution in [0.4, 0.5) is 0 Å². The Morgan fingerprint density at radius 3 is 3.00 bits per heavy atom. The summed E-state index contributed by atoms with van der Waals surface area (Å²) in [6, 6.07) is 7.64. The number of hydrogen-bond acceptors (Lipinski definition) is 3. The van der Waals surface area contributed by atoms with Crippen molar-refractivity contribution in [1.29, 1.82) is 0 Å². The molecule has 78 valence electrons. The highest BCUT2D eigenvalue weighted by atomic mass is 16.5. The Hall–Kier alpha value is -2.04. The lowest BCUT2D eigenvalue weighted by molar-refractivity contribution is 0.414. The van der Waals surface area contributed by atoms with Gasteiger partial charge in [-0.25, -0.2) is 9.89 Å². The Morgan fingerprint density at radius 2 is 2.33 bits per heavy atom. The smallest absolute Gasteiger partial charge is 0.340 e. The van der Waals surface area contributed by atoms with Crippen LogP contribution in [0.2, 0.25) is 0 Å². The van der Waals surface area contributed by atoms with Gasteiger partial charge in [0.2, 0.25) is 0 Å². The molecule has 0 spiro atoms. The van der Waals surface area contributed by atoms with Crippen molar-refractivity contribution in [3.05, 3.63) is 46.1 Å². The van der Waals surface area contributed by atoms with Crippen LogP contribution >= 0.6 is 0 Å². The minimum absolute atomic E-state index is 0.284. The lowest BCUT2D eigenvalue weighted by Gasteiger charge is -2.01. The number of hydrogen-bond donors (Lipinski definition) is 2. The molecule has 2 aromatic rings. The Morgan fingerprint density at radius 1 is 1.47 bits per heavy atom. The van der Waals surface area contributed by atoms with Gasteiger partial charge in [-0.15, -0.1) is 0 Å². The average molecular weight is 205 g/mol. The van der Waals surface area contributed by atoms with Crippen molar-refractivity contribution in [2.24, 2.45) is 0 Å². The number of aromatic amines is 2. The summed E-state index contributed by atoms with van der Waals surface area (Å²) in [5.41, 5.74) is 0.755. The molecule has 0 saturated carbocycles. The molecular formula is C10H11N3O2. The lowest BCUT2D eigenvalue weighted by Crippen LogP contribution is -2.01.